The van der Waals surface area contributed by atoms with Gasteiger partial charge in [0.1, 0.15) is 5.76 Å². The fraction of sp³-hybridized carbons (Fsp3) is 0.714. The van der Waals surface area contributed by atoms with E-state index in [-0.39, 0.29) is 11.8 Å². The summed E-state index contributed by atoms with van der Waals surface area (Å²) in [5.74, 6) is 1.69. The summed E-state index contributed by atoms with van der Waals surface area (Å²) in [6, 6.07) is 0.382. The van der Waals surface area contributed by atoms with Crippen LogP contribution in [0.2, 0.25) is 0 Å². The first-order valence-corrected chi connectivity index (χ1v) is 7.09. The first kappa shape index (κ1) is 11.8. The number of hydrogen-bond acceptors (Lipinski definition) is 3. The third-order valence-electron chi connectivity index (χ3n) is 4.24. The van der Waals surface area contributed by atoms with Gasteiger partial charge in [-0.25, -0.2) is 4.98 Å². The normalized spacial score (nSPS) is 21.6. The largest absolute Gasteiger partial charge is 0.428 e. The van der Waals surface area contributed by atoms with Gasteiger partial charge in [-0.3, -0.25) is 10.1 Å². The molecule has 98 valence electrons. The third kappa shape index (κ3) is 2.42. The van der Waals surface area contributed by atoms with Crippen LogP contribution in [0, 0.1) is 5.92 Å². The minimum absolute atomic E-state index is 0.0679. The maximum absolute atomic E-state index is 11.8. The number of anilines is 1. The first-order valence-electron chi connectivity index (χ1n) is 7.09. The summed E-state index contributed by atoms with van der Waals surface area (Å²) in [5.41, 5.74) is 0. The summed E-state index contributed by atoms with van der Waals surface area (Å²) < 4.78 is 5.67. The molecular formula is C14H20N2O2. The zero-order valence-electron chi connectivity index (χ0n) is 10.7. The standard InChI is InChI=1S/C14H20N2O2/c17-13(11-7-4-8-11)16-14-15-9-12(18-14)10-5-2-1-3-6-10/h9-11H,1-8H2,(H,15,16,17). The van der Waals surface area contributed by atoms with Gasteiger partial charge in [0.15, 0.2) is 0 Å². The predicted octanol–water partition coefficient (Wildman–Crippen LogP) is 3.46. The van der Waals surface area contributed by atoms with Crippen molar-refractivity contribution in [2.45, 2.75) is 57.3 Å². The molecule has 0 saturated heterocycles. The minimum Gasteiger partial charge on any atom is -0.428 e. The van der Waals surface area contributed by atoms with Crippen LogP contribution in [0.5, 0.6) is 0 Å². The predicted molar refractivity (Wildman–Crippen MR) is 68.3 cm³/mol. The molecule has 0 radical (unpaired) electrons. The van der Waals surface area contributed by atoms with Crippen molar-refractivity contribution >= 4 is 11.9 Å². The molecule has 2 aliphatic rings. The summed E-state index contributed by atoms with van der Waals surface area (Å²) in [5, 5.41) is 2.79. The van der Waals surface area contributed by atoms with Crippen molar-refractivity contribution in [3.63, 3.8) is 0 Å². The number of nitrogens with zero attached hydrogens (tertiary/aromatic N) is 1. The fourth-order valence-electron chi connectivity index (χ4n) is 2.80. The van der Waals surface area contributed by atoms with Crippen LogP contribution in [0.15, 0.2) is 10.6 Å². The van der Waals surface area contributed by atoms with Crippen molar-refractivity contribution in [3.05, 3.63) is 12.0 Å². The van der Waals surface area contributed by atoms with Gasteiger partial charge in [-0.2, -0.15) is 0 Å². The molecule has 2 saturated carbocycles. The lowest BCUT2D eigenvalue weighted by Crippen LogP contribution is -2.28. The van der Waals surface area contributed by atoms with Crippen LogP contribution in [0.25, 0.3) is 0 Å². The Balaban J connectivity index is 1.60. The monoisotopic (exact) mass is 248 g/mol. The van der Waals surface area contributed by atoms with Crippen LogP contribution < -0.4 is 5.32 Å². The zero-order chi connectivity index (χ0) is 12.4. The molecule has 1 N–H and O–H groups in total. The number of hydrogen-bond donors (Lipinski definition) is 1. The van der Waals surface area contributed by atoms with E-state index in [2.05, 4.69) is 10.3 Å². The van der Waals surface area contributed by atoms with Gasteiger partial charge in [0, 0.05) is 11.8 Å². The van der Waals surface area contributed by atoms with Gasteiger partial charge in [0.25, 0.3) is 0 Å². The van der Waals surface area contributed by atoms with E-state index in [0.717, 1.165) is 25.0 Å². The van der Waals surface area contributed by atoms with Crippen molar-refractivity contribution in [2.24, 2.45) is 5.92 Å². The molecular weight excluding hydrogens is 228 g/mol. The van der Waals surface area contributed by atoms with Gasteiger partial charge < -0.3 is 4.42 Å². The first-order chi connectivity index (χ1) is 8.83. The van der Waals surface area contributed by atoms with Gasteiger partial charge in [-0.05, 0) is 25.7 Å². The molecule has 1 heterocycles. The van der Waals surface area contributed by atoms with Crippen molar-refractivity contribution in [1.29, 1.82) is 0 Å². The minimum atomic E-state index is 0.0679. The molecule has 3 rings (SSSR count). The van der Waals surface area contributed by atoms with Crippen molar-refractivity contribution in [1.82, 2.24) is 4.98 Å². The second-order valence-corrected chi connectivity index (χ2v) is 5.52. The van der Waals surface area contributed by atoms with Gasteiger partial charge in [-0.1, -0.05) is 25.7 Å². The average Bonchev–Trinajstić information content (AvgIpc) is 2.76. The van der Waals surface area contributed by atoms with E-state index in [9.17, 15) is 4.79 Å². The lowest BCUT2D eigenvalue weighted by atomic mass is 9.85. The highest BCUT2D eigenvalue weighted by molar-refractivity contribution is 5.91. The van der Waals surface area contributed by atoms with Gasteiger partial charge in [0.2, 0.25) is 5.91 Å². The Labute approximate surface area is 107 Å². The van der Waals surface area contributed by atoms with Crippen molar-refractivity contribution in [2.75, 3.05) is 5.32 Å². The number of rotatable bonds is 3. The SMILES string of the molecule is O=C(Nc1ncc(C2CCCCC2)o1)C1CCC1. The van der Waals surface area contributed by atoms with Crippen molar-refractivity contribution in [3.8, 4) is 0 Å². The molecule has 0 aliphatic heterocycles. The summed E-state index contributed by atoms with van der Waals surface area (Å²) in [6.45, 7) is 0. The molecule has 1 aromatic rings. The molecule has 4 nitrogen and oxygen atoms in total. The average molecular weight is 248 g/mol. The molecule has 2 aliphatic carbocycles. The quantitative estimate of drug-likeness (QED) is 0.891. The van der Waals surface area contributed by atoms with E-state index in [1.807, 2.05) is 0 Å². The third-order valence-corrected chi connectivity index (χ3v) is 4.24. The second-order valence-electron chi connectivity index (χ2n) is 5.52. The van der Waals surface area contributed by atoms with Crippen LogP contribution in [0.3, 0.4) is 0 Å². The molecule has 1 aromatic heterocycles. The summed E-state index contributed by atoms with van der Waals surface area (Å²) in [6.07, 6.45) is 11.2. The lowest BCUT2D eigenvalue weighted by Gasteiger charge is -2.23. The van der Waals surface area contributed by atoms with E-state index in [4.69, 9.17) is 4.42 Å². The smallest absolute Gasteiger partial charge is 0.301 e. The van der Waals surface area contributed by atoms with Crippen molar-refractivity contribution < 1.29 is 9.21 Å². The molecule has 0 atom stereocenters. The molecule has 1 amide bonds. The number of carbonyl (C=O) groups excluding carboxylic acids is 1. The second kappa shape index (κ2) is 5.12. The summed E-state index contributed by atoms with van der Waals surface area (Å²) in [4.78, 5) is 15.9. The van der Waals surface area contributed by atoms with E-state index >= 15 is 0 Å². The Morgan fingerprint density at radius 3 is 2.61 bits per heavy atom. The van der Waals surface area contributed by atoms with E-state index in [0.29, 0.717) is 11.9 Å². The van der Waals surface area contributed by atoms with Gasteiger partial charge in [-0.15, -0.1) is 0 Å². The summed E-state index contributed by atoms with van der Waals surface area (Å²) >= 11 is 0. The molecule has 4 heteroatoms. The van der Waals surface area contributed by atoms with Crippen LogP contribution in [-0.2, 0) is 4.79 Å². The molecule has 0 spiro atoms. The molecule has 0 aromatic carbocycles. The highest BCUT2D eigenvalue weighted by Crippen LogP contribution is 2.34. The number of amides is 1. The number of aromatic nitrogens is 1. The Morgan fingerprint density at radius 2 is 1.94 bits per heavy atom. The highest BCUT2D eigenvalue weighted by atomic mass is 16.4. The van der Waals surface area contributed by atoms with Crippen LogP contribution in [0.4, 0.5) is 6.01 Å². The maximum Gasteiger partial charge on any atom is 0.301 e. The number of oxazole rings is 1. The molecule has 0 bridgehead atoms. The van der Waals surface area contributed by atoms with Crippen LogP contribution in [-0.4, -0.2) is 10.9 Å². The van der Waals surface area contributed by atoms with E-state index in [1.165, 1.54) is 32.1 Å². The van der Waals surface area contributed by atoms with Crippen LogP contribution in [0.1, 0.15) is 63.0 Å². The Hall–Kier alpha value is -1.32. The zero-order valence-corrected chi connectivity index (χ0v) is 10.7. The molecule has 2 fully saturated rings. The highest BCUT2D eigenvalue weighted by Gasteiger charge is 2.26. The van der Waals surface area contributed by atoms with Gasteiger partial charge >= 0.3 is 6.01 Å². The maximum atomic E-state index is 11.8. The number of nitrogens with one attached hydrogen (secondary N) is 1. The lowest BCUT2D eigenvalue weighted by molar-refractivity contribution is -0.122. The molecule has 18 heavy (non-hydrogen) atoms. The Bertz CT molecular complexity index is 417. The molecule has 0 unspecified atom stereocenters. The van der Waals surface area contributed by atoms with E-state index in [1.54, 1.807) is 6.20 Å². The Morgan fingerprint density at radius 1 is 1.17 bits per heavy atom. The van der Waals surface area contributed by atoms with E-state index < -0.39 is 0 Å². The van der Waals surface area contributed by atoms with Crippen LogP contribution >= 0.6 is 0 Å². The fourth-order valence-corrected chi connectivity index (χ4v) is 2.80. The Kier molecular flexibility index (Phi) is 3.35. The van der Waals surface area contributed by atoms with Gasteiger partial charge in [0.05, 0.1) is 6.20 Å². The number of carbonyl (C=O) groups is 1. The summed E-state index contributed by atoms with van der Waals surface area (Å²) in [7, 11) is 0. The topological polar surface area (TPSA) is 55.1 Å².